The first-order valence-electron chi connectivity index (χ1n) is 6.25. The zero-order valence-electron chi connectivity index (χ0n) is 10.3. The smallest absolute Gasteiger partial charge is 0.0707 e. The maximum atomic E-state index is 10.2. The summed E-state index contributed by atoms with van der Waals surface area (Å²) in [5, 5.41) is 10.6. The van der Waals surface area contributed by atoms with Gasteiger partial charge in [0.1, 0.15) is 0 Å². The van der Waals surface area contributed by atoms with Gasteiger partial charge in [-0.2, -0.15) is 23.5 Å². The summed E-state index contributed by atoms with van der Waals surface area (Å²) in [7, 11) is 0. The molecule has 3 heteroatoms. The molecule has 1 aromatic carbocycles. The number of thioether (sulfide) groups is 2. The van der Waals surface area contributed by atoms with Crippen LogP contribution in [-0.2, 0) is 12.8 Å². The van der Waals surface area contributed by atoms with Crippen LogP contribution >= 0.6 is 23.5 Å². The van der Waals surface area contributed by atoms with E-state index in [1.54, 1.807) is 0 Å². The zero-order chi connectivity index (χ0) is 12.1. The van der Waals surface area contributed by atoms with Gasteiger partial charge in [-0.1, -0.05) is 31.2 Å². The van der Waals surface area contributed by atoms with Crippen LogP contribution in [0, 0.1) is 0 Å². The summed E-state index contributed by atoms with van der Waals surface area (Å²) in [6.07, 6.45) is 1.68. The Bertz CT molecular complexity index is 331. The summed E-state index contributed by atoms with van der Waals surface area (Å²) in [6.45, 7) is 2.17. The van der Waals surface area contributed by atoms with Gasteiger partial charge in [0.2, 0.25) is 0 Å². The van der Waals surface area contributed by atoms with Crippen molar-refractivity contribution in [3.05, 3.63) is 35.4 Å². The maximum absolute atomic E-state index is 10.2. The van der Waals surface area contributed by atoms with E-state index in [0.717, 1.165) is 18.6 Å². The van der Waals surface area contributed by atoms with Crippen LogP contribution in [0.3, 0.4) is 0 Å². The number of aliphatic hydroxyl groups excluding tert-OH is 1. The van der Waals surface area contributed by atoms with E-state index in [2.05, 4.69) is 31.2 Å². The van der Waals surface area contributed by atoms with Gasteiger partial charge in [-0.3, -0.25) is 0 Å². The minimum absolute atomic E-state index is 0.194. The van der Waals surface area contributed by atoms with Crippen molar-refractivity contribution >= 4 is 23.5 Å². The first kappa shape index (κ1) is 13.3. The molecule has 1 saturated heterocycles. The maximum Gasteiger partial charge on any atom is 0.0707 e. The van der Waals surface area contributed by atoms with Crippen LogP contribution in [-0.4, -0.2) is 33.7 Å². The van der Waals surface area contributed by atoms with Gasteiger partial charge < -0.3 is 5.11 Å². The molecule has 0 aliphatic carbocycles. The zero-order valence-corrected chi connectivity index (χ0v) is 11.9. The van der Waals surface area contributed by atoms with Crippen LogP contribution in [0.2, 0.25) is 0 Å². The lowest BCUT2D eigenvalue weighted by Crippen LogP contribution is -2.30. The van der Waals surface area contributed by atoms with E-state index in [0.29, 0.717) is 5.25 Å². The first-order chi connectivity index (χ1) is 8.29. The van der Waals surface area contributed by atoms with Crippen molar-refractivity contribution in [2.45, 2.75) is 31.1 Å². The van der Waals surface area contributed by atoms with Gasteiger partial charge in [0, 0.05) is 22.5 Å². The van der Waals surface area contributed by atoms with E-state index in [1.807, 2.05) is 23.5 Å². The average molecular weight is 268 g/mol. The van der Waals surface area contributed by atoms with Gasteiger partial charge >= 0.3 is 0 Å². The Kier molecular flexibility index (Phi) is 5.26. The second-order valence-electron chi connectivity index (χ2n) is 4.43. The Morgan fingerprint density at radius 3 is 2.53 bits per heavy atom. The standard InChI is InChI=1S/C14H20OS2/c1-2-11-3-5-12(6-4-11)9-13(15)14-10-16-7-8-17-14/h3-6,13-15H,2,7-10H2,1H3. The molecule has 1 nitrogen and oxygen atoms in total. The van der Waals surface area contributed by atoms with Crippen LogP contribution in [0.25, 0.3) is 0 Å². The predicted octanol–water partition coefficient (Wildman–Crippen LogP) is 3.00. The third kappa shape index (κ3) is 3.94. The Morgan fingerprint density at radius 2 is 1.94 bits per heavy atom. The minimum Gasteiger partial charge on any atom is -0.392 e. The van der Waals surface area contributed by atoms with Gasteiger partial charge in [0.05, 0.1) is 6.10 Å². The molecule has 1 aromatic rings. The summed E-state index contributed by atoms with van der Waals surface area (Å²) in [5.41, 5.74) is 2.62. The molecule has 0 spiro atoms. The van der Waals surface area contributed by atoms with Crippen molar-refractivity contribution in [2.75, 3.05) is 17.3 Å². The molecular weight excluding hydrogens is 248 g/mol. The molecule has 1 aliphatic rings. The molecule has 0 saturated carbocycles. The van der Waals surface area contributed by atoms with Crippen molar-refractivity contribution in [3.63, 3.8) is 0 Å². The van der Waals surface area contributed by atoms with Gasteiger partial charge in [-0.25, -0.2) is 0 Å². The van der Waals surface area contributed by atoms with Crippen molar-refractivity contribution < 1.29 is 5.11 Å². The Morgan fingerprint density at radius 1 is 1.24 bits per heavy atom. The van der Waals surface area contributed by atoms with Crippen LogP contribution in [0.5, 0.6) is 0 Å². The van der Waals surface area contributed by atoms with Gasteiger partial charge in [0.25, 0.3) is 0 Å². The quantitative estimate of drug-likeness (QED) is 0.906. The molecule has 2 rings (SSSR count). The van der Waals surface area contributed by atoms with E-state index >= 15 is 0 Å². The fourth-order valence-electron chi connectivity index (χ4n) is 2.01. The molecule has 1 fully saturated rings. The predicted molar refractivity (Wildman–Crippen MR) is 79.1 cm³/mol. The summed E-state index contributed by atoms with van der Waals surface area (Å²) >= 11 is 3.89. The number of rotatable bonds is 4. The molecule has 0 radical (unpaired) electrons. The van der Waals surface area contributed by atoms with E-state index < -0.39 is 0 Å². The summed E-state index contributed by atoms with van der Waals surface area (Å²) in [4.78, 5) is 0. The molecule has 1 N–H and O–H groups in total. The molecule has 94 valence electrons. The Hall–Kier alpha value is -0.120. The third-order valence-electron chi connectivity index (χ3n) is 3.15. The van der Waals surface area contributed by atoms with Crippen LogP contribution in [0.1, 0.15) is 18.1 Å². The van der Waals surface area contributed by atoms with E-state index in [-0.39, 0.29) is 6.10 Å². The molecule has 2 unspecified atom stereocenters. The van der Waals surface area contributed by atoms with E-state index in [9.17, 15) is 5.11 Å². The highest BCUT2D eigenvalue weighted by molar-refractivity contribution is 8.06. The lowest BCUT2D eigenvalue weighted by Gasteiger charge is -2.25. The normalized spacial score (nSPS) is 22.4. The minimum atomic E-state index is -0.194. The fraction of sp³-hybridized carbons (Fsp3) is 0.571. The second-order valence-corrected chi connectivity index (χ2v) is 6.92. The first-order valence-corrected chi connectivity index (χ1v) is 8.45. The highest BCUT2D eigenvalue weighted by atomic mass is 32.2. The topological polar surface area (TPSA) is 20.2 Å². The van der Waals surface area contributed by atoms with Crippen LogP contribution in [0.4, 0.5) is 0 Å². The summed E-state index contributed by atoms with van der Waals surface area (Å²) in [5.74, 6) is 3.51. The number of aryl methyl sites for hydroxylation is 1. The second kappa shape index (κ2) is 6.72. The number of benzene rings is 1. The van der Waals surface area contributed by atoms with Crippen molar-refractivity contribution in [1.29, 1.82) is 0 Å². The van der Waals surface area contributed by atoms with Crippen molar-refractivity contribution in [1.82, 2.24) is 0 Å². The fourth-order valence-corrected chi connectivity index (χ4v) is 4.78. The van der Waals surface area contributed by atoms with E-state index in [4.69, 9.17) is 0 Å². The van der Waals surface area contributed by atoms with Crippen LogP contribution < -0.4 is 0 Å². The van der Waals surface area contributed by atoms with Gasteiger partial charge in [-0.15, -0.1) is 0 Å². The molecule has 0 bridgehead atoms. The third-order valence-corrected chi connectivity index (χ3v) is 6.05. The lowest BCUT2D eigenvalue weighted by molar-refractivity contribution is 0.177. The van der Waals surface area contributed by atoms with Crippen molar-refractivity contribution in [3.8, 4) is 0 Å². The number of hydrogen-bond acceptors (Lipinski definition) is 3. The lowest BCUT2D eigenvalue weighted by atomic mass is 10.0. The molecule has 0 amide bonds. The number of aliphatic hydroxyl groups is 1. The summed E-state index contributed by atoms with van der Waals surface area (Å²) < 4.78 is 0. The molecule has 0 aromatic heterocycles. The molecular formula is C14H20OS2. The average Bonchev–Trinajstić information content (AvgIpc) is 2.40. The highest BCUT2D eigenvalue weighted by Crippen LogP contribution is 2.27. The highest BCUT2D eigenvalue weighted by Gasteiger charge is 2.22. The molecule has 1 heterocycles. The van der Waals surface area contributed by atoms with Gasteiger partial charge in [-0.05, 0) is 24.0 Å². The SMILES string of the molecule is CCc1ccc(CC(O)C2CSCCS2)cc1. The summed E-state index contributed by atoms with van der Waals surface area (Å²) in [6, 6.07) is 8.65. The van der Waals surface area contributed by atoms with Gasteiger partial charge in [0.15, 0.2) is 0 Å². The monoisotopic (exact) mass is 268 g/mol. The largest absolute Gasteiger partial charge is 0.392 e. The van der Waals surface area contributed by atoms with Crippen LogP contribution in [0.15, 0.2) is 24.3 Å². The Balaban J connectivity index is 1.89. The van der Waals surface area contributed by atoms with Crippen molar-refractivity contribution in [2.24, 2.45) is 0 Å². The number of hydrogen-bond donors (Lipinski definition) is 1. The Labute approximate surface area is 112 Å². The van der Waals surface area contributed by atoms with E-state index in [1.165, 1.54) is 22.6 Å². The molecule has 17 heavy (non-hydrogen) atoms. The molecule has 2 atom stereocenters. The molecule has 1 aliphatic heterocycles.